The van der Waals surface area contributed by atoms with E-state index < -0.39 is 5.97 Å². The summed E-state index contributed by atoms with van der Waals surface area (Å²) in [7, 11) is 0. The van der Waals surface area contributed by atoms with Gasteiger partial charge in [-0.3, -0.25) is 9.59 Å². The van der Waals surface area contributed by atoms with Gasteiger partial charge in [-0.05, 0) is 32.1 Å². The fourth-order valence-corrected chi connectivity index (χ4v) is 1.21. The van der Waals surface area contributed by atoms with E-state index in [9.17, 15) is 9.59 Å². The van der Waals surface area contributed by atoms with Gasteiger partial charge >= 0.3 is 11.9 Å². The molecule has 0 aliphatic carbocycles. The van der Waals surface area contributed by atoms with Gasteiger partial charge in [-0.25, -0.2) is 0 Å². The van der Waals surface area contributed by atoms with Crippen LogP contribution in [-0.2, 0) is 14.3 Å². The van der Waals surface area contributed by atoms with E-state index >= 15 is 0 Å². The minimum Gasteiger partial charge on any atom is -0.481 e. The molecular formula is C16H28O4. The number of carboxylic acids is 1. The molecule has 4 heteroatoms. The van der Waals surface area contributed by atoms with Crippen molar-refractivity contribution in [2.24, 2.45) is 0 Å². The first-order chi connectivity index (χ1) is 9.54. The second kappa shape index (κ2) is 17.4. The number of carbonyl (C=O) groups excluding carboxylic acids is 1. The van der Waals surface area contributed by atoms with E-state index in [0.717, 1.165) is 32.1 Å². The van der Waals surface area contributed by atoms with Gasteiger partial charge in [0, 0.05) is 13.3 Å². The van der Waals surface area contributed by atoms with E-state index in [4.69, 9.17) is 9.84 Å². The molecule has 1 N–H and O–H groups in total. The van der Waals surface area contributed by atoms with Crippen molar-refractivity contribution in [3.63, 3.8) is 0 Å². The third-order valence-corrected chi connectivity index (χ3v) is 2.16. The summed E-state index contributed by atoms with van der Waals surface area (Å²) in [6.07, 6.45) is 13.0. The maximum Gasteiger partial charge on any atom is 0.303 e. The zero-order valence-electron chi connectivity index (χ0n) is 12.9. The van der Waals surface area contributed by atoms with Gasteiger partial charge in [0.2, 0.25) is 0 Å². The van der Waals surface area contributed by atoms with Crippen LogP contribution in [0.15, 0.2) is 24.3 Å². The van der Waals surface area contributed by atoms with Crippen LogP contribution in [-0.4, -0.2) is 23.7 Å². The molecule has 0 saturated heterocycles. The fraction of sp³-hybridized carbons (Fsp3) is 0.625. The summed E-state index contributed by atoms with van der Waals surface area (Å²) < 4.78 is 4.70. The van der Waals surface area contributed by atoms with E-state index in [2.05, 4.69) is 26.0 Å². The summed E-state index contributed by atoms with van der Waals surface area (Å²) in [4.78, 5) is 20.2. The molecule has 0 bridgehead atoms. The highest BCUT2D eigenvalue weighted by molar-refractivity contribution is 5.66. The lowest BCUT2D eigenvalue weighted by atomic mass is 10.2. The van der Waals surface area contributed by atoms with E-state index in [-0.39, 0.29) is 12.4 Å². The maximum absolute atomic E-state index is 10.2. The second-order valence-electron chi connectivity index (χ2n) is 4.17. The van der Waals surface area contributed by atoms with Crippen molar-refractivity contribution in [1.82, 2.24) is 0 Å². The van der Waals surface area contributed by atoms with Crippen molar-refractivity contribution in [2.45, 2.75) is 59.3 Å². The molecule has 0 spiro atoms. The molecule has 20 heavy (non-hydrogen) atoms. The van der Waals surface area contributed by atoms with Crippen LogP contribution in [0.1, 0.15) is 59.3 Å². The quantitative estimate of drug-likeness (QED) is 0.393. The molecule has 0 fully saturated rings. The van der Waals surface area contributed by atoms with Crippen LogP contribution in [0.2, 0.25) is 0 Å². The van der Waals surface area contributed by atoms with Crippen molar-refractivity contribution in [3.8, 4) is 0 Å². The highest BCUT2D eigenvalue weighted by Crippen LogP contribution is 1.96. The third-order valence-electron chi connectivity index (χ3n) is 2.16. The maximum atomic E-state index is 10.2. The molecule has 4 nitrogen and oxygen atoms in total. The Hall–Kier alpha value is -1.58. The minimum atomic E-state index is -0.704. The van der Waals surface area contributed by atoms with Crippen LogP contribution in [0.5, 0.6) is 0 Å². The van der Waals surface area contributed by atoms with Crippen molar-refractivity contribution in [1.29, 1.82) is 0 Å². The van der Waals surface area contributed by atoms with Crippen LogP contribution in [0, 0.1) is 0 Å². The molecule has 0 unspecified atom stereocenters. The molecule has 0 amide bonds. The van der Waals surface area contributed by atoms with E-state index in [1.54, 1.807) is 0 Å². The largest absolute Gasteiger partial charge is 0.481 e. The minimum absolute atomic E-state index is 0.204. The standard InChI is InChI=1S/2C8H14O2/c1-3-4-5-6-7-10-8(2)9;1-2-3-4-5-6-7-8(9)10/h4-5H,3,6-7H2,1-2H3;3-4H,2,5-7H2,1H3,(H,9,10). The highest BCUT2D eigenvalue weighted by atomic mass is 16.5. The fourth-order valence-electron chi connectivity index (χ4n) is 1.21. The van der Waals surface area contributed by atoms with Crippen molar-refractivity contribution < 1.29 is 19.4 Å². The summed E-state index contributed by atoms with van der Waals surface area (Å²) in [5, 5.41) is 8.25. The van der Waals surface area contributed by atoms with Crippen LogP contribution in [0.3, 0.4) is 0 Å². The molecule has 0 radical (unpaired) electrons. The lowest BCUT2D eigenvalue weighted by Gasteiger charge is -1.95. The molecule has 0 aliphatic rings. The van der Waals surface area contributed by atoms with Crippen LogP contribution in [0.25, 0.3) is 0 Å². The monoisotopic (exact) mass is 284 g/mol. The Balaban J connectivity index is 0. The number of ether oxygens (including phenoxy) is 1. The summed E-state index contributed by atoms with van der Waals surface area (Å²) in [5.74, 6) is -0.908. The van der Waals surface area contributed by atoms with Gasteiger partial charge in [0.15, 0.2) is 0 Å². The van der Waals surface area contributed by atoms with Crippen molar-refractivity contribution >= 4 is 11.9 Å². The molecule has 0 saturated carbocycles. The molecule has 0 aromatic carbocycles. The van der Waals surface area contributed by atoms with Crippen molar-refractivity contribution in [3.05, 3.63) is 24.3 Å². The highest BCUT2D eigenvalue weighted by Gasteiger charge is 1.92. The number of aliphatic carboxylic acids is 1. The summed E-state index contributed by atoms with van der Waals surface area (Å²) >= 11 is 0. The average molecular weight is 284 g/mol. The van der Waals surface area contributed by atoms with E-state index in [1.165, 1.54) is 6.92 Å². The molecule has 0 atom stereocenters. The zero-order valence-corrected chi connectivity index (χ0v) is 12.9. The lowest BCUT2D eigenvalue weighted by molar-refractivity contribution is -0.141. The third kappa shape index (κ3) is 25.3. The number of hydrogen-bond acceptors (Lipinski definition) is 3. The van der Waals surface area contributed by atoms with Gasteiger partial charge in [0.1, 0.15) is 0 Å². The molecule has 0 aliphatic heterocycles. The Morgan fingerprint density at radius 1 is 1.00 bits per heavy atom. The number of unbranched alkanes of at least 4 members (excludes halogenated alkanes) is 1. The van der Waals surface area contributed by atoms with E-state index in [1.807, 2.05) is 12.2 Å². The number of carboxylic acid groups (broad SMARTS) is 1. The van der Waals surface area contributed by atoms with Gasteiger partial charge in [-0.1, -0.05) is 38.2 Å². The summed E-state index contributed by atoms with van der Waals surface area (Å²) in [6, 6.07) is 0. The van der Waals surface area contributed by atoms with Gasteiger partial charge in [-0.15, -0.1) is 0 Å². The smallest absolute Gasteiger partial charge is 0.303 e. The van der Waals surface area contributed by atoms with Crippen LogP contribution >= 0.6 is 0 Å². The first kappa shape index (κ1) is 20.7. The zero-order chi connectivity index (χ0) is 15.6. The van der Waals surface area contributed by atoms with Gasteiger partial charge in [0.25, 0.3) is 0 Å². The molecule has 116 valence electrons. The van der Waals surface area contributed by atoms with Crippen LogP contribution in [0.4, 0.5) is 0 Å². The molecular weight excluding hydrogens is 256 g/mol. The number of allylic oxidation sites excluding steroid dienone is 3. The first-order valence-corrected chi connectivity index (χ1v) is 7.19. The molecule has 0 heterocycles. The second-order valence-corrected chi connectivity index (χ2v) is 4.17. The number of carbonyl (C=O) groups is 2. The van der Waals surface area contributed by atoms with Crippen LogP contribution < -0.4 is 0 Å². The number of rotatable bonds is 9. The first-order valence-electron chi connectivity index (χ1n) is 7.19. The predicted molar refractivity (Wildman–Crippen MR) is 81.6 cm³/mol. The molecule has 0 rings (SSSR count). The van der Waals surface area contributed by atoms with Gasteiger partial charge in [-0.2, -0.15) is 0 Å². The molecule has 0 aromatic rings. The average Bonchev–Trinajstić information content (AvgIpc) is 2.38. The SMILES string of the molecule is CCC=CCCCC(=O)O.CCC=CCCOC(C)=O. The summed E-state index contributed by atoms with van der Waals surface area (Å²) in [6.45, 7) is 6.06. The number of esters is 1. The van der Waals surface area contributed by atoms with E-state index in [0.29, 0.717) is 6.61 Å². The Labute approximate surface area is 122 Å². The number of hydrogen-bond donors (Lipinski definition) is 1. The Morgan fingerprint density at radius 2 is 1.55 bits per heavy atom. The molecule has 0 aromatic heterocycles. The Bertz CT molecular complexity index is 263. The summed E-state index contributed by atoms with van der Waals surface area (Å²) in [5.41, 5.74) is 0. The lowest BCUT2D eigenvalue weighted by Crippen LogP contribution is -1.98. The Morgan fingerprint density at radius 3 is 2.00 bits per heavy atom. The topological polar surface area (TPSA) is 63.6 Å². The normalized spacial score (nSPS) is 10.3. The predicted octanol–water partition coefficient (Wildman–Crippen LogP) is 4.11. The van der Waals surface area contributed by atoms with Gasteiger partial charge < -0.3 is 9.84 Å². The Kier molecular flexibility index (Phi) is 18.1. The van der Waals surface area contributed by atoms with Crippen molar-refractivity contribution in [2.75, 3.05) is 6.61 Å². The van der Waals surface area contributed by atoms with Gasteiger partial charge in [0.05, 0.1) is 6.61 Å².